The van der Waals surface area contributed by atoms with Crippen LogP contribution in [0.3, 0.4) is 0 Å². The zero-order valence-corrected chi connectivity index (χ0v) is 8.97. The average molecular weight is 224 g/mol. The molecule has 17 heavy (non-hydrogen) atoms. The first-order valence-electron chi connectivity index (χ1n) is 5.07. The zero-order chi connectivity index (χ0) is 12.1. The molecule has 2 nitrogen and oxygen atoms in total. The molecule has 0 saturated carbocycles. The number of benzene rings is 1. The maximum absolute atomic E-state index is 12.8. The molecule has 0 unspecified atom stereocenters. The van der Waals surface area contributed by atoms with Crippen molar-refractivity contribution in [1.82, 2.24) is 4.98 Å². The predicted molar refractivity (Wildman–Crippen MR) is 64.1 cm³/mol. The molecular formula is C14H9FN2. The van der Waals surface area contributed by atoms with Gasteiger partial charge in [0.05, 0.1) is 11.6 Å². The second-order valence-electron chi connectivity index (χ2n) is 3.46. The maximum Gasteiger partial charge on any atom is 0.123 e. The van der Waals surface area contributed by atoms with Crippen molar-refractivity contribution >= 4 is 11.6 Å². The van der Waals surface area contributed by atoms with Crippen molar-refractivity contribution in [1.29, 1.82) is 5.26 Å². The molecule has 1 aromatic heterocycles. The van der Waals surface area contributed by atoms with E-state index in [9.17, 15) is 4.39 Å². The smallest absolute Gasteiger partial charge is 0.123 e. The van der Waals surface area contributed by atoms with Gasteiger partial charge in [0, 0.05) is 12.4 Å². The molecule has 0 spiro atoms. The number of pyridine rings is 1. The monoisotopic (exact) mass is 224 g/mol. The largest absolute Gasteiger partial charge is 0.264 e. The Hall–Kier alpha value is -2.47. The molecule has 2 rings (SSSR count). The number of hydrogen-bond acceptors (Lipinski definition) is 2. The van der Waals surface area contributed by atoms with E-state index in [1.165, 1.54) is 12.1 Å². The zero-order valence-electron chi connectivity index (χ0n) is 8.97. The highest BCUT2D eigenvalue weighted by atomic mass is 19.1. The quantitative estimate of drug-likeness (QED) is 0.734. The fourth-order valence-corrected chi connectivity index (χ4v) is 1.44. The summed E-state index contributed by atoms with van der Waals surface area (Å²) in [5.41, 5.74) is 2.02. The van der Waals surface area contributed by atoms with Crippen LogP contribution < -0.4 is 0 Å². The Labute approximate surface area is 98.7 Å². The Morgan fingerprint density at radius 3 is 2.59 bits per heavy atom. The van der Waals surface area contributed by atoms with Crippen molar-refractivity contribution < 1.29 is 4.39 Å². The third kappa shape index (κ3) is 2.76. The second kappa shape index (κ2) is 5.04. The Kier molecular flexibility index (Phi) is 3.27. The molecule has 2 aromatic rings. The fraction of sp³-hybridized carbons (Fsp3) is 0. The summed E-state index contributed by atoms with van der Waals surface area (Å²) in [6.45, 7) is 0. The van der Waals surface area contributed by atoms with Crippen molar-refractivity contribution in [2.75, 3.05) is 0 Å². The van der Waals surface area contributed by atoms with Crippen molar-refractivity contribution in [3.8, 4) is 6.07 Å². The molecule has 0 amide bonds. The van der Waals surface area contributed by atoms with E-state index in [1.54, 1.807) is 36.7 Å². The lowest BCUT2D eigenvalue weighted by molar-refractivity contribution is 0.627. The average Bonchev–Trinajstić information content (AvgIpc) is 2.38. The highest BCUT2D eigenvalue weighted by Gasteiger charge is 2.01. The van der Waals surface area contributed by atoms with Crippen LogP contribution in [0.25, 0.3) is 11.6 Å². The molecule has 1 heterocycles. The van der Waals surface area contributed by atoms with E-state index < -0.39 is 0 Å². The number of allylic oxidation sites excluding steroid dienone is 1. The Morgan fingerprint density at radius 2 is 2.00 bits per heavy atom. The number of aromatic nitrogens is 1. The molecule has 0 saturated heterocycles. The van der Waals surface area contributed by atoms with Gasteiger partial charge in [0.15, 0.2) is 0 Å². The summed E-state index contributed by atoms with van der Waals surface area (Å²) in [5, 5.41) is 9.08. The SMILES string of the molecule is N#C/C(=C\c1cccnc1)c1ccc(F)cc1. The minimum Gasteiger partial charge on any atom is -0.264 e. The van der Waals surface area contributed by atoms with E-state index in [1.807, 2.05) is 6.07 Å². The van der Waals surface area contributed by atoms with Crippen LogP contribution >= 0.6 is 0 Å². The van der Waals surface area contributed by atoms with Gasteiger partial charge in [-0.25, -0.2) is 4.39 Å². The van der Waals surface area contributed by atoms with Gasteiger partial charge in [-0.3, -0.25) is 4.98 Å². The van der Waals surface area contributed by atoms with Crippen LogP contribution in [0.2, 0.25) is 0 Å². The summed E-state index contributed by atoms with van der Waals surface area (Å²) in [6.07, 6.45) is 5.06. The summed E-state index contributed by atoms with van der Waals surface area (Å²) >= 11 is 0. The molecular weight excluding hydrogens is 215 g/mol. The van der Waals surface area contributed by atoms with Gasteiger partial charge in [0.1, 0.15) is 5.82 Å². The first-order chi connectivity index (χ1) is 8.29. The first kappa shape index (κ1) is 11.0. The minimum atomic E-state index is -0.313. The summed E-state index contributed by atoms with van der Waals surface area (Å²) in [6, 6.07) is 11.6. The van der Waals surface area contributed by atoms with Crippen LogP contribution in [-0.2, 0) is 0 Å². The molecule has 0 fully saturated rings. The Balaban J connectivity index is 2.38. The summed E-state index contributed by atoms with van der Waals surface area (Å²) in [5.74, 6) is -0.313. The number of nitrogens with zero attached hydrogens (tertiary/aromatic N) is 2. The molecule has 0 radical (unpaired) electrons. The number of nitriles is 1. The topological polar surface area (TPSA) is 36.7 Å². The van der Waals surface area contributed by atoms with Crippen LogP contribution in [-0.4, -0.2) is 4.98 Å². The van der Waals surface area contributed by atoms with E-state index in [0.717, 1.165) is 5.56 Å². The molecule has 0 aliphatic carbocycles. The fourth-order valence-electron chi connectivity index (χ4n) is 1.44. The summed E-state index contributed by atoms with van der Waals surface area (Å²) in [4.78, 5) is 3.97. The Bertz CT molecular complexity index is 565. The van der Waals surface area contributed by atoms with Gasteiger partial charge in [-0.15, -0.1) is 0 Å². The highest BCUT2D eigenvalue weighted by molar-refractivity contribution is 5.89. The molecule has 0 aliphatic rings. The lowest BCUT2D eigenvalue weighted by Crippen LogP contribution is -1.83. The van der Waals surface area contributed by atoms with Gasteiger partial charge in [0.25, 0.3) is 0 Å². The van der Waals surface area contributed by atoms with E-state index in [-0.39, 0.29) is 5.82 Å². The van der Waals surface area contributed by atoms with E-state index in [2.05, 4.69) is 11.1 Å². The molecule has 0 aliphatic heterocycles. The van der Waals surface area contributed by atoms with Crippen molar-refractivity contribution in [3.05, 3.63) is 65.7 Å². The summed E-state index contributed by atoms with van der Waals surface area (Å²) in [7, 11) is 0. The van der Waals surface area contributed by atoms with Crippen molar-refractivity contribution in [2.24, 2.45) is 0 Å². The Morgan fingerprint density at radius 1 is 1.24 bits per heavy atom. The van der Waals surface area contributed by atoms with Crippen LogP contribution in [0, 0.1) is 17.1 Å². The molecule has 1 aromatic carbocycles. The minimum absolute atomic E-state index is 0.313. The third-order valence-corrected chi connectivity index (χ3v) is 2.27. The van der Waals surface area contributed by atoms with Crippen LogP contribution in [0.4, 0.5) is 4.39 Å². The molecule has 3 heteroatoms. The van der Waals surface area contributed by atoms with Crippen LogP contribution in [0.1, 0.15) is 11.1 Å². The van der Waals surface area contributed by atoms with Crippen LogP contribution in [0.5, 0.6) is 0 Å². The van der Waals surface area contributed by atoms with Gasteiger partial charge in [-0.2, -0.15) is 5.26 Å². The number of halogens is 1. The van der Waals surface area contributed by atoms with E-state index in [0.29, 0.717) is 11.1 Å². The molecule has 82 valence electrons. The van der Waals surface area contributed by atoms with E-state index in [4.69, 9.17) is 5.26 Å². The van der Waals surface area contributed by atoms with Gasteiger partial charge < -0.3 is 0 Å². The predicted octanol–water partition coefficient (Wildman–Crippen LogP) is 3.28. The van der Waals surface area contributed by atoms with Gasteiger partial charge in [-0.05, 0) is 35.4 Å². The van der Waals surface area contributed by atoms with Gasteiger partial charge in [0.2, 0.25) is 0 Å². The number of rotatable bonds is 2. The summed E-state index contributed by atoms with van der Waals surface area (Å²) < 4.78 is 12.8. The van der Waals surface area contributed by atoms with Gasteiger partial charge >= 0.3 is 0 Å². The molecule has 0 N–H and O–H groups in total. The van der Waals surface area contributed by atoms with Gasteiger partial charge in [-0.1, -0.05) is 18.2 Å². The van der Waals surface area contributed by atoms with Crippen molar-refractivity contribution in [2.45, 2.75) is 0 Å². The van der Waals surface area contributed by atoms with E-state index >= 15 is 0 Å². The second-order valence-corrected chi connectivity index (χ2v) is 3.46. The van der Waals surface area contributed by atoms with Crippen molar-refractivity contribution in [3.63, 3.8) is 0 Å². The maximum atomic E-state index is 12.8. The lowest BCUT2D eigenvalue weighted by Gasteiger charge is -1.99. The normalized spacial score (nSPS) is 10.9. The lowest BCUT2D eigenvalue weighted by atomic mass is 10.0. The first-order valence-corrected chi connectivity index (χ1v) is 5.07. The number of hydrogen-bond donors (Lipinski definition) is 0. The standard InChI is InChI=1S/C14H9FN2/c15-14-5-3-12(4-6-14)13(9-16)8-11-2-1-7-17-10-11/h1-8,10H/b13-8+. The molecule has 0 atom stereocenters. The molecule has 0 bridgehead atoms. The van der Waals surface area contributed by atoms with Crippen LogP contribution in [0.15, 0.2) is 48.8 Å². The highest BCUT2D eigenvalue weighted by Crippen LogP contribution is 2.17. The third-order valence-electron chi connectivity index (χ3n) is 2.27.